The Balaban J connectivity index is 2.30. The van der Waals surface area contributed by atoms with Gasteiger partial charge in [0.15, 0.2) is 11.5 Å². The number of carbonyl (C=O) groups excluding carboxylic acids is 1. The molecule has 0 heterocycles. The molecule has 0 aliphatic carbocycles. The van der Waals surface area contributed by atoms with Crippen LogP contribution in [0.1, 0.15) is 36.6 Å². The van der Waals surface area contributed by atoms with Gasteiger partial charge >= 0.3 is 0 Å². The zero-order valence-corrected chi connectivity index (χ0v) is 19.3. The minimum atomic E-state index is -3.69. The van der Waals surface area contributed by atoms with Gasteiger partial charge in [-0.3, -0.25) is 9.10 Å². The smallest absolute Gasteiger partial charge is 0.244 e. The molecule has 0 spiro atoms. The monoisotopic (exact) mass is 434 g/mol. The van der Waals surface area contributed by atoms with E-state index in [-0.39, 0.29) is 6.04 Å². The third kappa shape index (κ3) is 5.24. The Hall–Kier alpha value is -2.74. The molecule has 0 aliphatic heterocycles. The Labute approximate surface area is 179 Å². The third-order valence-electron chi connectivity index (χ3n) is 4.96. The maximum atomic E-state index is 13.0. The van der Waals surface area contributed by atoms with Crippen LogP contribution in [0.25, 0.3) is 0 Å². The van der Waals surface area contributed by atoms with E-state index >= 15 is 0 Å². The molecule has 0 bridgehead atoms. The van der Waals surface area contributed by atoms with E-state index in [4.69, 9.17) is 9.47 Å². The van der Waals surface area contributed by atoms with Gasteiger partial charge in [-0.15, -0.1) is 0 Å². The van der Waals surface area contributed by atoms with Crippen LogP contribution in [-0.2, 0) is 14.8 Å². The van der Waals surface area contributed by atoms with Crippen molar-refractivity contribution >= 4 is 21.6 Å². The number of aryl methyl sites for hydroxylation is 2. The number of ether oxygens (including phenoxy) is 2. The van der Waals surface area contributed by atoms with Gasteiger partial charge in [-0.05, 0) is 62.6 Å². The SMILES string of the molecule is COc1ccc([C@H](C)NC(=O)[C@@H](C)N(c2cc(C)ccc2C)S(C)(=O)=O)cc1OC. The largest absolute Gasteiger partial charge is 0.493 e. The number of hydrogen-bond donors (Lipinski definition) is 1. The molecule has 2 atom stereocenters. The first-order valence-electron chi connectivity index (χ1n) is 9.58. The second kappa shape index (κ2) is 9.38. The van der Waals surface area contributed by atoms with E-state index in [2.05, 4.69) is 5.32 Å². The molecule has 0 saturated carbocycles. The van der Waals surface area contributed by atoms with Gasteiger partial charge in [0, 0.05) is 0 Å². The molecule has 1 N–H and O–H groups in total. The minimum Gasteiger partial charge on any atom is -0.493 e. The first kappa shape index (κ1) is 23.5. The number of amides is 1. The van der Waals surface area contributed by atoms with Crippen LogP contribution in [0.15, 0.2) is 36.4 Å². The Bertz CT molecular complexity index is 1020. The van der Waals surface area contributed by atoms with Gasteiger partial charge in [0.1, 0.15) is 6.04 Å². The van der Waals surface area contributed by atoms with Crippen molar-refractivity contribution in [1.82, 2.24) is 5.32 Å². The maximum Gasteiger partial charge on any atom is 0.244 e. The first-order chi connectivity index (χ1) is 14.0. The Morgan fingerprint density at radius 1 is 1.00 bits per heavy atom. The summed E-state index contributed by atoms with van der Waals surface area (Å²) in [5, 5.41) is 2.90. The number of rotatable bonds is 8. The number of hydrogen-bond acceptors (Lipinski definition) is 5. The summed E-state index contributed by atoms with van der Waals surface area (Å²) in [7, 11) is -0.590. The van der Waals surface area contributed by atoms with Crippen LogP contribution >= 0.6 is 0 Å². The lowest BCUT2D eigenvalue weighted by Gasteiger charge is -2.30. The molecule has 0 radical (unpaired) electrons. The molecule has 0 aromatic heterocycles. The molecular formula is C22H30N2O5S. The second-order valence-corrected chi connectivity index (χ2v) is 9.23. The summed E-state index contributed by atoms with van der Waals surface area (Å²) in [4.78, 5) is 13.0. The summed E-state index contributed by atoms with van der Waals surface area (Å²) in [5.74, 6) is 0.743. The summed E-state index contributed by atoms with van der Waals surface area (Å²) >= 11 is 0. The van der Waals surface area contributed by atoms with Crippen molar-refractivity contribution in [1.29, 1.82) is 0 Å². The molecule has 7 nitrogen and oxygen atoms in total. The molecule has 2 aromatic rings. The van der Waals surface area contributed by atoms with Crippen molar-refractivity contribution in [2.45, 2.75) is 39.8 Å². The van der Waals surface area contributed by atoms with Crippen molar-refractivity contribution < 1.29 is 22.7 Å². The van der Waals surface area contributed by atoms with Crippen molar-refractivity contribution in [2.24, 2.45) is 0 Å². The lowest BCUT2D eigenvalue weighted by atomic mass is 10.1. The van der Waals surface area contributed by atoms with E-state index in [9.17, 15) is 13.2 Å². The summed E-state index contributed by atoms with van der Waals surface area (Å²) in [6, 6.07) is 9.62. The third-order valence-corrected chi connectivity index (χ3v) is 6.18. The van der Waals surface area contributed by atoms with E-state index in [1.54, 1.807) is 39.3 Å². The van der Waals surface area contributed by atoms with Gasteiger partial charge < -0.3 is 14.8 Å². The van der Waals surface area contributed by atoms with Crippen LogP contribution < -0.4 is 19.1 Å². The van der Waals surface area contributed by atoms with Crippen molar-refractivity contribution in [3.63, 3.8) is 0 Å². The predicted octanol–water partition coefficient (Wildman–Crippen LogP) is 3.35. The second-order valence-electron chi connectivity index (χ2n) is 7.37. The molecule has 8 heteroatoms. The fourth-order valence-electron chi connectivity index (χ4n) is 3.28. The number of sulfonamides is 1. The molecule has 2 aromatic carbocycles. The Kier molecular flexibility index (Phi) is 7.36. The van der Waals surface area contributed by atoms with E-state index in [1.807, 2.05) is 39.0 Å². The number of nitrogens with zero attached hydrogens (tertiary/aromatic N) is 1. The Morgan fingerprint density at radius 3 is 2.20 bits per heavy atom. The number of carbonyl (C=O) groups is 1. The molecule has 30 heavy (non-hydrogen) atoms. The lowest BCUT2D eigenvalue weighted by molar-refractivity contribution is -0.122. The fraction of sp³-hybridized carbons (Fsp3) is 0.409. The minimum absolute atomic E-state index is 0.361. The van der Waals surface area contributed by atoms with Crippen LogP contribution in [0.3, 0.4) is 0 Å². The highest BCUT2D eigenvalue weighted by Gasteiger charge is 2.31. The molecule has 0 fully saturated rings. The zero-order valence-electron chi connectivity index (χ0n) is 18.5. The Morgan fingerprint density at radius 2 is 1.63 bits per heavy atom. The molecule has 0 unspecified atom stereocenters. The fourth-order valence-corrected chi connectivity index (χ4v) is 4.50. The van der Waals surface area contributed by atoms with E-state index < -0.39 is 22.0 Å². The summed E-state index contributed by atoms with van der Waals surface area (Å²) in [6.07, 6.45) is 1.11. The van der Waals surface area contributed by atoms with Crippen LogP contribution in [0.2, 0.25) is 0 Å². The topological polar surface area (TPSA) is 84.9 Å². The molecule has 0 aliphatic rings. The number of methoxy groups -OCH3 is 2. The summed E-state index contributed by atoms with van der Waals surface area (Å²) in [5.41, 5.74) is 3.00. The van der Waals surface area contributed by atoms with Gasteiger partial charge in [0.05, 0.1) is 32.2 Å². The number of benzene rings is 2. The van der Waals surface area contributed by atoms with Crippen molar-refractivity contribution in [2.75, 3.05) is 24.8 Å². The maximum absolute atomic E-state index is 13.0. The van der Waals surface area contributed by atoms with Crippen LogP contribution in [0, 0.1) is 13.8 Å². The first-order valence-corrected chi connectivity index (χ1v) is 11.4. The number of anilines is 1. The van der Waals surface area contributed by atoms with Crippen LogP contribution in [-0.4, -0.2) is 40.8 Å². The lowest BCUT2D eigenvalue weighted by Crippen LogP contribution is -2.48. The molecule has 2 rings (SSSR count). The van der Waals surface area contributed by atoms with E-state index in [0.717, 1.165) is 22.9 Å². The summed E-state index contributed by atoms with van der Waals surface area (Å²) in [6.45, 7) is 7.12. The standard InChI is InChI=1S/C22H30N2O5S/c1-14-8-9-15(2)19(12-14)24(30(7,26)27)17(4)22(25)23-16(3)18-10-11-20(28-5)21(13-18)29-6/h8-13,16-17H,1-7H3,(H,23,25)/t16-,17+/m0/s1. The quantitative estimate of drug-likeness (QED) is 0.689. The van der Waals surface area contributed by atoms with E-state index in [1.165, 1.54) is 4.31 Å². The van der Waals surface area contributed by atoms with Gasteiger partial charge in [0.25, 0.3) is 0 Å². The van der Waals surface area contributed by atoms with Crippen molar-refractivity contribution in [3.05, 3.63) is 53.1 Å². The molecule has 164 valence electrons. The van der Waals surface area contributed by atoms with E-state index in [0.29, 0.717) is 17.2 Å². The highest BCUT2D eigenvalue weighted by Crippen LogP contribution is 2.30. The number of nitrogens with one attached hydrogen (secondary N) is 1. The van der Waals surface area contributed by atoms with Gasteiger partial charge in [-0.2, -0.15) is 0 Å². The zero-order chi connectivity index (χ0) is 22.6. The van der Waals surface area contributed by atoms with Crippen molar-refractivity contribution in [3.8, 4) is 11.5 Å². The normalized spacial score (nSPS) is 13.3. The average Bonchev–Trinajstić information content (AvgIpc) is 2.68. The molecule has 1 amide bonds. The average molecular weight is 435 g/mol. The van der Waals surface area contributed by atoms with Crippen LogP contribution in [0.5, 0.6) is 11.5 Å². The highest BCUT2D eigenvalue weighted by atomic mass is 32.2. The highest BCUT2D eigenvalue weighted by molar-refractivity contribution is 7.92. The van der Waals surface area contributed by atoms with Gasteiger partial charge in [0.2, 0.25) is 15.9 Å². The predicted molar refractivity (Wildman–Crippen MR) is 119 cm³/mol. The van der Waals surface area contributed by atoms with Crippen LogP contribution in [0.4, 0.5) is 5.69 Å². The summed E-state index contributed by atoms with van der Waals surface area (Å²) < 4.78 is 36.9. The van der Waals surface area contributed by atoms with Gasteiger partial charge in [-0.1, -0.05) is 18.2 Å². The van der Waals surface area contributed by atoms with Gasteiger partial charge in [-0.25, -0.2) is 8.42 Å². The molecule has 0 saturated heterocycles. The molecular weight excluding hydrogens is 404 g/mol.